The zero-order chi connectivity index (χ0) is 14.3. The van der Waals surface area contributed by atoms with Crippen molar-refractivity contribution in [2.75, 3.05) is 18.0 Å². The summed E-state index contributed by atoms with van der Waals surface area (Å²) in [6.07, 6.45) is 1.38. The Bertz CT molecular complexity index is 668. The Morgan fingerprint density at radius 3 is 2.90 bits per heavy atom. The summed E-state index contributed by atoms with van der Waals surface area (Å²) in [5.74, 6) is 0.832. The molecule has 20 heavy (non-hydrogen) atoms. The van der Waals surface area contributed by atoms with E-state index in [2.05, 4.69) is 15.3 Å². The Balaban J connectivity index is 1.93. The van der Waals surface area contributed by atoms with Gasteiger partial charge in [0.1, 0.15) is 5.82 Å². The molecule has 0 amide bonds. The maximum atomic E-state index is 11.3. The second-order valence-corrected chi connectivity index (χ2v) is 5.47. The first-order valence-corrected chi connectivity index (χ1v) is 6.73. The van der Waals surface area contributed by atoms with E-state index in [0.717, 1.165) is 18.1 Å². The Morgan fingerprint density at radius 1 is 1.45 bits per heavy atom. The standard InChI is InChI=1S/C13H17N5O2/c1-3-9-14-15-10-4-5-11(16-18(9)10)17-7-6-13(2,8-17)12(19)20/h4-5H,3,6-8H2,1-2H3,(H,19,20). The third kappa shape index (κ3) is 1.90. The molecule has 1 fully saturated rings. The molecular weight excluding hydrogens is 258 g/mol. The fraction of sp³-hybridized carbons (Fsp3) is 0.538. The van der Waals surface area contributed by atoms with Crippen LogP contribution in [0.1, 0.15) is 26.1 Å². The van der Waals surface area contributed by atoms with E-state index >= 15 is 0 Å². The van der Waals surface area contributed by atoms with Gasteiger partial charge < -0.3 is 10.0 Å². The van der Waals surface area contributed by atoms with Crippen LogP contribution in [0.2, 0.25) is 0 Å². The van der Waals surface area contributed by atoms with Gasteiger partial charge in [0.15, 0.2) is 11.5 Å². The highest BCUT2D eigenvalue weighted by Gasteiger charge is 2.41. The number of aliphatic carboxylic acids is 1. The van der Waals surface area contributed by atoms with Crippen molar-refractivity contribution in [3.05, 3.63) is 18.0 Å². The SMILES string of the molecule is CCc1nnc2ccc(N3CCC(C)(C(=O)O)C3)nn12. The number of nitrogens with zero attached hydrogens (tertiary/aromatic N) is 5. The van der Waals surface area contributed by atoms with Gasteiger partial charge in [-0.15, -0.1) is 15.3 Å². The predicted octanol–water partition coefficient (Wildman–Crippen LogP) is 0.988. The number of fused-ring (bicyclic) bond motifs is 1. The first-order chi connectivity index (χ1) is 9.53. The molecule has 0 spiro atoms. The summed E-state index contributed by atoms with van der Waals surface area (Å²) in [6.45, 7) is 4.96. The number of aromatic nitrogens is 4. The molecule has 106 valence electrons. The van der Waals surface area contributed by atoms with E-state index in [9.17, 15) is 9.90 Å². The topological polar surface area (TPSA) is 83.6 Å². The van der Waals surface area contributed by atoms with Gasteiger partial charge in [-0.1, -0.05) is 6.92 Å². The summed E-state index contributed by atoms with van der Waals surface area (Å²) in [6, 6.07) is 3.74. The van der Waals surface area contributed by atoms with Crippen molar-refractivity contribution in [3.8, 4) is 0 Å². The normalized spacial score (nSPS) is 22.6. The molecule has 3 rings (SSSR count). The van der Waals surface area contributed by atoms with Crippen molar-refractivity contribution in [2.45, 2.75) is 26.7 Å². The quantitative estimate of drug-likeness (QED) is 0.899. The predicted molar refractivity (Wildman–Crippen MR) is 72.7 cm³/mol. The molecule has 0 bridgehead atoms. The molecule has 3 heterocycles. The average Bonchev–Trinajstić information content (AvgIpc) is 3.02. The fourth-order valence-electron chi connectivity index (χ4n) is 2.54. The van der Waals surface area contributed by atoms with Crippen LogP contribution in [0, 0.1) is 5.41 Å². The molecule has 1 unspecified atom stereocenters. The highest BCUT2D eigenvalue weighted by atomic mass is 16.4. The number of carboxylic acid groups (broad SMARTS) is 1. The van der Waals surface area contributed by atoms with E-state index in [1.807, 2.05) is 24.0 Å². The van der Waals surface area contributed by atoms with E-state index in [1.54, 1.807) is 11.4 Å². The number of carbonyl (C=O) groups is 1. The largest absolute Gasteiger partial charge is 0.481 e. The van der Waals surface area contributed by atoms with Crippen molar-refractivity contribution in [1.82, 2.24) is 19.8 Å². The number of anilines is 1. The number of carboxylic acids is 1. The molecule has 7 nitrogen and oxygen atoms in total. The van der Waals surface area contributed by atoms with Gasteiger partial charge in [-0.3, -0.25) is 4.79 Å². The monoisotopic (exact) mass is 275 g/mol. The van der Waals surface area contributed by atoms with Crippen LogP contribution in [0.25, 0.3) is 5.65 Å². The summed E-state index contributed by atoms with van der Waals surface area (Å²) in [7, 11) is 0. The number of hydrogen-bond acceptors (Lipinski definition) is 5. The van der Waals surface area contributed by atoms with Gasteiger partial charge in [0.25, 0.3) is 0 Å². The zero-order valence-electron chi connectivity index (χ0n) is 11.6. The maximum absolute atomic E-state index is 11.3. The van der Waals surface area contributed by atoms with E-state index < -0.39 is 11.4 Å². The second kappa shape index (κ2) is 4.43. The minimum Gasteiger partial charge on any atom is -0.481 e. The van der Waals surface area contributed by atoms with Crippen LogP contribution in [-0.2, 0) is 11.2 Å². The van der Waals surface area contributed by atoms with E-state index in [1.165, 1.54) is 0 Å². The first kappa shape index (κ1) is 12.8. The van der Waals surface area contributed by atoms with Crippen molar-refractivity contribution in [2.24, 2.45) is 5.41 Å². The van der Waals surface area contributed by atoms with E-state index in [4.69, 9.17) is 0 Å². The van der Waals surface area contributed by atoms with Crippen molar-refractivity contribution in [1.29, 1.82) is 0 Å². The molecule has 0 aromatic carbocycles. The molecule has 0 aliphatic carbocycles. The van der Waals surface area contributed by atoms with E-state index in [0.29, 0.717) is 25.2 Å². The molecule has 1 aliphatic rings. The van der Waals surface area contributed by atoms with Crippen LogP contribution in [0.3, 0.4) is 0 Å². The summed E-state index contributed by atoms with van der Waals surface area (Å²) in [5.41, 5.74) is 0.0167. The Labute approximate surface area is 116 Å². The molecule has 1 aliphatic heterocycles. The van der Waals surface area contributed by atoms with Crippen LogP contribution >= 0.6 is 0 Å². The Hall–Kier alpha value is -2.18. The van der Waals surface area contributed by atoms with Crippen LogP contribution in [0.4, 0.5) is 5.82 Å². The highest BCUT2D eigenvalue weighted by molar-refractivity contribution is 5.76. The molecule has 2 aromatic rings. The van der Waals surface area contributed by atoms with Crippen LogP contribution < -0.4 is 4.90 Å². The minimum atomic E-state index is -0.750. The summed E-state index contributed by atoms with van der Waals surface area (Å²) < 4.78 is 1.73. The van der Waals surface area contributed by atoms with Crippen LogP contribution in [-0.4, -0.2) is 44.0 Å². The molecule has 7 heteroatoms. The number of aryl methyl sites for hydroxylation is 1. The highest BCUT2D eigenvalue weighted by Crippen LogP contribution is 2.32. The molecular formula is C13H17N5O2. The molecule has 1 atom stereocenters. The van der Waals surface area contributed by atoms with Gasteiger partial charge in [0.05, 0.1) is 5.41 Å². The zero-order valence-corrected chi connectivity index (χ0v) is 11.6. The van der Waals surface area contributed by atoms with Gasteiger partial charge in [0.2, 0.25) is 0 Å². The fourth-order valence-corrected chi connectivity index (χ4v) is 2.54. The van der Waals surface area contributed by atoms with E-state index in [-0.39, 0.29) is 0 Å². The molecule has 0 radical (unpaired) electrons. The van der Waals surface area contributed by atoms with Gasteiger partial charge in [-0.25, -0.2) is 0 Å². The number of hydrogen-bond donors (Lipinski definition) is 1. The lowest BCUT2D eigenvalue weighted by Gasteiger charge is -2.20. The van der Waals surface area contributed by atoms with Crippen molar-refractivity contribution in [3.63, 3.8) is 0 Å². The smallest absolute Gasteiger partial charge is 0.311 e. The average molecular weight is 275 g/mol. The molecule has 1 N–H and O–H groups in total. The Morgan fingerprint density at radius 2 is 2.25 bits per heavy atom. The summed E-state index contributed by atoms with van der Waals surface area (Å²) >= 11 is 0. The van der Waals surface area contributed by atoms with Gasteiger partial charge in [-0.05, 0) is 25.5 Å². The molecule has 0 saturated carbocycles. The molecule has 1 saturated heterocycles. The van der Waals surface area contributed by atoms with Gasteiger partial charge in [-0.2, -0.15) is 4.52 Å². The Kier molecular flexibility index (Phi) is 2.84. The molecule has 2 aromatic heterocycles. The summed E-state index contributed by atoms with van der Waals surface area (Å²) in [4.78, 5) is 13.3. The first-order valence-electron chi connectivity index (χ1n) is 6.73. The van der Waals surface area contributed by atoms with Gasteiger partial charge >= 0.3 is 5.97 Å². The summed E-state index contributed by atoms with van der Waals surface area (Å²) in [5, 5.41) is 22.0. The number of rotatable bonds is 3. The maximum Gasteiger partial charge on any atom is 0.311 e. The third-order valence-corrected chi connectivity index (χ3v) is 3.94. The van der Waals surface area contributed by atoms with Crippen molar-refractivity contribution >= 4 is 17.4 Å². The third-order valence-electron chi connectivity index (χ3n) is 3.94. The van der Waals surface area contributed by atoms with Crippen LogP contribution in [0.15, 0.2) is 12.1 Å². The van der Waals surface area contributed by atoms with Crippen molar-refractivity contribution < 1.29 is 9.90 Å². The lowest BCUT2D eigenvalue weighted by Crippen LogP contribution is -2.32. The lowest BCUT2D eigenvalue weighted by atomic mass is 9.90. The van der Waals surface area contributed by atoms with Crippen LogP contribution in [0.5, 0.6) is 0 Å². The van der Waals surface area contributed by atoms with Gasteiger partial charge in [0, 0.05) is 19.5 Å². The minimum absolute atomic E-state index is 0.477. The second-order valence-electron chi connectivity index (χ2n) is 5.47. The lowest BCUT2D eigenvalue weighted by molar-refractivity contribution is -0.146.